The molecule has 0 bridgehead atoms. The van der Waals surface area contributed by atoms with Crippen LogP contribution in [0.3, 0.4) is 0 Å². The van der Waals surface area contributed by atoms with Gasteiger partial charge in [0.15, 0.2) is 6.10 Å². The first-order valence-corrected chi connectivity index (χ1v) is 3.31. The third-order valence-corrected chi connectivity index (χ3v) is 1.67. The summed E-state index contributed by atoms with van der Waals surface area (Å²) in [7, 11) is 0. The normalized spacial score (nSPS) is 39.8. The summed E-state index contributed by atoms with van der Waals surface area (Å²) in [6.45, 7) is -0.809. The maximum absolute atomic E-state index is 9.09. The van der Waals surface area contributed by atoms with Crippen LogP contribution < -0.4 is 0 Å². The van der Waals surface area contributed by atoms with Crippen LogP contribution in [0.25, 0.3) is 0 Å². The fourth-order valence-corrected chi connectivity index (χ4v) is 1.00. The lowest BCUT2D eigenvalue weighted by Crippen LogP contribution is -2.32. The van der Waals surface area contributed by atoms with E-state index in [2.05, 4.69) is 0 Å². The molecule has 1 radical (unpaired) electrons. The van der Waals surface area contributed by atoms with Gasteiger partial charge in [0.1, 0.15) is 18.3 Å². The SMILES string of the molecule is OC[C]1O[C@@H](CO)[C@H](O)[C@H]1O. The average Bonchev–Trinajstić information content (AvgIpc) is 2.30. The highest BCUT2D eigenvalue weighted by molar-refractivity contribution is 5.01. The summed E-state index contributed by atoms with van der Waals surface area (Å²) in [5, 5.41) is 35.3. The van der Waals surface area contributed by atoms with Gasteiger partial charge in [-0.2, -0.15) is 0 Å². The van der Waals surface area contributed by atoms with Gasteiger partial charge in [-0.1, -0.05) is 0 Å². The molecule has 0 aromatic carbocycles. The fourth-order valence-electron chi connectivity index (χ4n) is 1.00. The molecule has 1 rings (SSSR count). The second-order valence-corrected chi connectivity index (χ2v) is 2.40. The Hall–Kier alpha value is -0.200. The first kappa shape index (κ1) is 8.89. The highest BCUT2D eigenvalue weighted by Gasteiger charge is 2.42. The summed E-state index contributed by atoms with van der Waals surface area (Å²) in [4.78, 5) is 0. The molecule has 0 aromatic heterocycles. The van der Waals surface area contributed by atoms with Crippen LogP contribution >= 0.6 is 0 Å². The maximum Gasteiger partial charge on any atom is 0.154 e. The van der Waals surface area contributed by atoms with Gasteiger partial charge < -0.3 is 25.2 Å². The molecule has 0 spiro atoms. The minimum Gasteiger partial charge on any atom is -0.394 e. The molecule has 5 heteroatoms. The lowest BCUT2D eigenvalue weighted by Gasteiger charge is -2.10. The maximum atomic E-state index is 9.09. The lowest BCUT2D eigenvalue weighted by molar-refractivity contribution is -0.00787. The summed E-state index contributed by atoms with van der Waals surface area (Å²) in [6, 6.07) is 0. The molecule has 65 valence electrons. The molecule has 4 N–H and O–H groups in total. The number of hydrogen-bond acceptors (Lipinski definition) is 5. The molecule has 1 heterocycles. The minimum atomic E-state index is -1.18. The van der Waals surface area contributed by atoms with E-state index in [-0.39, 0.29) is 12.7 Å². The molecule has 1 aliphatic rings. The van der Waals surface area contributed by atoms with E-state index in [0.29, 0.717) is 0 Å². The van der Waals surface area contributed by atoms with E-state index in [1.807, 2.05) is 0 Å². The standard InChI is InChI=1S/C6H11O5/c7-1-3-5(9)6(10)4(2-8)11-3/h3,5-10H,1-2H2/t3-,5-,6-/m0/s1. The first-order valence-electron chi connectivity index (χ1n) is 3.31. The van der Waals surface area contributed by atoms with Gasteiger partial charge in [-0.15, -0.1) is 0 Å². The van der Waals surface area contributed by atoms with Crippen LogP contribution in [0.1, 0.15) is 0 Å². The third-order valence-electron chi connectivity index (χ3n) is 1.67. The molecule has 1 saturated heterocycles. The molecule has 0 amide bonds. The van der Waals surface area contributed by atoms with Crippen LogP contribution in [-0.4, -0.2) is 52.0 Å². The third kappa shape index (κ3) is 1.52. The topological polar surface area (TPSA) is 90.2 Å². The molecule has 0 aliphatic carbocycles. The average molecular weight is 163 g/mol. The van der Waals surface area contributed by atoms with E-state index in [1.54, 1.807) is 0 Å². The van der Waals surface area contributed by atoms with E-state index in [4.69, 9.17) is 25.2 Å². The molecule has 0 saturated carbocycles. The molecular formula is C6H11O5. The van der Waals surface area contributed by atoms with E-state index < -0.39 is 24.9 Å². The summed E-state index contributed by atoms with van der Waals surface area (Å²) < 4.78 is 4.80. The van der Waals surface area contributed by atoms with Crippen molar-refractivity contribution in [1.82, 2.24) is 0 Å². The quantitative estimate of drug-likeness (QED) is 0.365. The van der Waals surface area contributed by atoms with Crippen molar-refractivity contribution >= 4 is 0 Å². The van der Waals surface area contributed by atoms with Crippen molar-refractivity contribution in [2.75, 3.05) is 13.2 Å². The van der Waals surface area contributed by atoms with E-state index in [0.717, 1.165) is 0 Å². The number of aliphatic hydroxyl groups excluding tert-OH is 4. The number of ether oxygens (including phenoxy) is 1. The molecule has 0 unspecified atom stereocenters. The summed E-state index contributed by atoms with van der Waals surface area (Å²) in [5.41, 5.74) is 0. The predicted octanol–water partition coefficient (Wildman–Crippen LogP) is -2.38. The predicted molar refractivity (Wildman–Crippen MR) is 34.3 cm³/mol. The minimum absolute atomic E-state index is 0.0107. The van der Waals surface area contributed by atoms with Crippen molar-refractivity contribution in [1.29, 1.82) is 0 Å². The Morgan fingerprint density at radius 1 is 1.27 bits per heavy atom. The molecule has 3 atom stereocenters. The Morgan fingerprint density at radius 3 is 2.18 bits per heavy atom. The van der Waals surface area contributed by atoms with Gasteiger partial charge in [-0.25, -0.2) is 0 Å². The van der Waals surface area contributed by atoms with Gasteiger partial charge >= 0.3 is 0 Å². The Morgan fingerprint density at radius 2 is 1.91 bits per heavy atom. The van der Waals surface area contributed by atoms with Gasteiger partial charge in [0, 0.05) is 0 Å². The van der Waals surface area contributed by atoms with Crippen molar-refractivity contribution < 1.29 is 25.2 Å². The Balaban J connectivity index is 2.53. The van der Waals surface area contributed by atoms with Gasteiger partial charge in [0.05, 0.1) is 13.2 Å². The Kier molecular flexibility index (Phi) is 2.80. The molecule has 0 aromatic rings. The number of rotatable bonds is 2. The largest absolute Gasteiger partial charge is 0.394 e. The second kappa shape index (κ2) is 3.46. The first-order chi connectivity index (χ1) is 5.20. The molecule has 5 nitrogen and oxygen atoms in total. The van der Waals surface area contributed by atoms with Crippen LogP contribution in [0.5, 0.6) is 0 Å². The lowest BCUT2D eigenvalue weighted by atomic mass is 10.1. The fraction of sp³-hybridized carbons (Fsp3) is 0.833. The van der Waals surface area contributed by atoms with Gasteiger partial charge in [0.2, 0.25) is 0 Å². The zero-order valence-corrected chi connectivity index (χ0v) is 5.84. The smallest absolute Gasteiger partial charge is 0.154 e. The van der Waals surface area contributed by atoms with Crippen LogP contribution in [0.2, 0.25) is 0 Å². The highest BCUT2D eigenvalue weighted by Crippen LogP contribution is 2.25. The Bertz CT molecular complexity index is 110. The van der Waals surface area contributed by atoms with Crippen molar-refractivity contribution in [3.8, 4) is 0 Å². The van der Waals surface area contributed by atoms with Crippen molar-refractivity contribution in [3.63, 3.8) is 0 Å². The zero-order valence-electron chi connectivity index (χ0n) is 5.84. The van der Waals surface area contributed by atoms with Crippen LogP contribution in [0, 0.1) is 6.10 Å². The van der Waals surface area contributed by atoms with Gasteiger partial charge in [-0.3, -0.25) is 0 Å². The highest BCUT2D eigenvalue weighted by atomic mass is 16.6. The van der Waals surface area contributed by atoms with Crippen molar-refractivity contribution in [2.45, 2.75) is 18.3 Å². The second-order valence-electron chi connectivity index (χ2n) is 2.40. The van der Waals surface area contributed by atoms with Crippen LogP contribution in [0.4, 0.5) is 0 Å². The Labute approximate surface area is 63.8 Å². The van der Waals surface area contributed by atoms with Crippen molar-refractivity contribution in [2.24, 2.45) is 0 Å². The molecule has 1 aliphatic heterocycles. The molecular weight excluding hydrogens is 152 g/mol. The van der Waals surface area contributed by atoms with E-state index in [9.17, 15) is 0 Å². The van der Waals surface area contributed by atoms with Crippen LogP contribution in [-0.2, 0) is 4.74 Å². The van der Waals surface area contributed by atoms with Crippen molar-refractivity contribution in [3.05, 3.63) is 6.10 Å². The number of aliphatic hydroxyl groups is 4. The number of hydrogen-bond donors (Lipinski definition) is 4. The van der Waals surface area contributed by atoms with Crippen LogP contribution in [0.15, 0.2) is 0 Å². The van der Waals surface area contributed by atoms with E-state index in [1.165, 1.54) is 0 Å². The molecule has 11 heavy (non-hydrogen) atoms. The zero-order chi connectivity index (χ0) is 8.43. The van der Waals surface area contributed by atoms with Gasteiger partial charge in [0.25, 0.3) is 0 Å². The summed E-state index contributed by atoms with van der Waals surface area (Å²) in [5.74, 6) is 0. The monoisotopic (exact) mass is 163 g/mol. The van der Waals surface area contributed by atoms with Gasteiger partial charge in [-0.05, 0) is 0 Å². The molecule has 1 fully saturated rings. The summed E-state index contributed by atoms with van der Waals surface area (Å²) in [6.07, 6.45) is -3.12. The van der Waals surface area contributed by atoms with E-state index >= 15 is 0 Å². The summed E-state index contributed by atoms with van der Waals surface area (Å²) >= 11 is 0.